The number of hydrogen-bond acceptors (Lipinski definition) is 3. The van der Waals surface area contributed by atoms with E-state index < -0.39 is 12.3 Å². The van der Waals surface area contributed by atoms with E-state index in [1.165, 1.54) is 0 Å². The first-order valence-corrected chi connectivity index (χ1v) is 2.34. The van der Waals surface area contributed by atoms with E-state index in [0.29, 0.717) is 0 Å². The van der Waals surface area contributed by atoms with Crippen LogP contribution in [-0.4, -0.2) is 28.6 Å². The molecule has 0 aromatic carbocycles. The smallest absolute Gasteiger partial charge is 0.132 e. The molecule has 3 nitrogen and oxygen atoms in total. The normalized spacial score (nSPS) is 51.0. The molecule has 42 valence electrons. The number of nitrogens with one attached hydrogen (secondary N) is 1. The summed E-state index contributed by atoms with van der Waals surface area (Å²) in [7, 11) is 0. The van der Waals surface area contributed by atoms with E-state index in [0.717, 1.165) is 0 Å². The predicted octanol–water partition coefficient (Wildman–Crippen LogP) is -1.34. The molecule has 0 radical (unpaired) electrons. The maximum atomic E-state index is 8.67. The molecule has 3 N–H and O–H groups in total. The minimum atomic E-state index is -0.685. The van der Waals surface area contributed by atoms with Crippen LogP contribution < -0.4 is 5.32 Å². The summed E-state index contributed by atoms with van der Waals surface area (Å²) in [6.07, 6.45) is -1.24. The van der Waals surface area contributed by atoms with E-state index in [4.69, 9.17) is 10.2 Å². The van der Waals surface area contributed by atoms with Crippen LogP contribution in [0, 0.1) is 0 Å². The summed E-state index contributed by atoms with van der Waals surface area (Å²) >= 11 is 0. The summed E-state index contributed by atoms with van der Waals surface area (Å²) in [5.74, 6) is 0. The molecule has 0 amide bonds. The van der Waals surface area contributed by atoms with E-state index in [2.05, 4.69) is 5.32 Å². The van der Waals surface area contributed by atoms with E-state index in [1.807, 2.05) is 6.92 Å². The maximum absolute atomic E-state index is 8.67. The van der Waals surface area contributed by atoms with Gasteiger partial charge >= 0.3 is 0 Å². The van der Waals surface area contributed by atoms with Crippen molar-refractivity contribution in [1.82, 2.24) is 5.32 Å². The monoisotopic (exact) mass is 103 g/mol. The van der Waals surface area contributed by atoms with Crippen LogP contribution in [0.1, 0.15) is 6.92 Å². The molecule has 2 unspecified atom stereocenters. The zero-order valence-electron chi connectivity index (χ0n) is 4.13. The molecular weight excluding hydrogens is 94.0 g/mol. The first-order valence-electron chi connectivity index (χ1n) is 2.34. The highest BCUT2D eigenvalue weighted by atomic mass is 16.4. The summed E-state index contributed by atoms with van der Waals surface area (Å²) in [6.45, 7) is 1.82. The van der Waals surface area contributed by atoms with Gasteiger partial charge < -0.3 is 10.2 Å². The fourth-order valence-electron chi connectivity index (χ4n) is 0.621. The lowest BCUT2D eigenvalue weighted by atomic mass is 10.0. The van der Waals surface area contributed by atoms with Gasteiger partial charge in [0.15, 0.2) is 0 Å². The van der Waals surface area contributed by atoms with Gasteiger partial charge in [-0.05, 0) is 6.92 Å². The van der Waals surface area contributed by atoms with Gasteiger partial charge in [0.05, 0.1) is 0 Å². The van der Waals surface area contributed by atoms with Crippen molar-refractivity contribution in [3.05, 3.63) is 0 Å². The quantitative estimate of drug-likeness (QED) is 0.355. The third-order valence-corrected chi connectivity index (χ3v) is 1.27. The van der Waals surface area contributed by atoms with Gasteiger partial charge in [-0.3, -0.25) is 5.32 Å². The van der Waals surface area contributed by atoms with Crippen molar-refractivity contribution in [2.45, 2.75) is 25.3 Å². The predicted molar refractivity (Wildman–Crippen MR) is 24.6 cm³/mol. The van der Waals surface area contributed by atoms with E-state index in [-0.39, 0.29) is 6.04 Å². The van der Waals surface area contributed by atoms with Crippen molar-refractivity contribution in [2.24, 2.45) is 0 Å². The molecule has 7 heavy (non-hydrogen) atoms. The molecule has 1 aliphatic rings. The lowest BCUT2D eigenvalue weighted by Crippen LogP contribution is -2.63. The van der Waals surface area contributed by atoms with Crippen LogP contribution in [0.2, 0.25) is 0 Å². The zero-order valence-corrected chi connectivity index (χ0v) is 4.13. The van der Waals surface area contributed by atoms with Crippen molar-refractivity contribution in [3.8, 4) is 0 Å². The SMILES string of the molecule is CC1NC(O)[C@H]1O. The molecule has 1 fully saturated rings. The molecule has 3 heteroatoms. The topological polar surface area (TPSA) is 52.5 Å². The summed E-state index contributed by atoms with van der Waals surface area (Å²) in [5, 5.41) is 19.9. The lowest BCUT2D eigenvalue weighted by Gasteiger charge is -2.36. The summed E-state index contributed by atoms with van der Waals surface area (Å²) < 4.78 is 0. The highest BCUT2D eigenvalue weighted by molar-refractivity contribution is 4.87. The Bertz CT molecular complexity index is 68.1. The Hall–Kier alpha value is -0.120. The van der Waals surface area contributed by atoms with Gasteiger partial charge in [0.1, 0.15) is 12.3 Å². The Labute approximate surface area is 42.0 Å². The highest BCUT2D eigenvalue weighted by Gasteiger charge is 2.33. The Morgan fingerprint density at radius 1 is 1.43 bits per heavy atom. The van der Waals surface area contributed by atoms with Crippen LogP contribution in [-0.2, 0) is 0 Å². The molecule has 0 spiro atoms. The fraction of sp³-hybridized carbons (Fsp3) is 1.00. The molecule has 1 heterocycles. The van der Waals surface area contributed by atoms with Crippen molar-refractivity contribution in [1.29, 1.82) is 0 Å². The summed E-state index contributed by atoms with van der Waals surface area (Å²) in [5.41, 5.74) is 0. The van der Waals surface area contributed by atoms with Gasteiger partial charge in [-0.25, -0.2) is 0 Å². The van der Waals surface area contributed by atoms with E-state index in [9.17, 15) is 0 Å². The molecule has 1 saturated heterocycles. The molecule has 1 rings (SSSR count). The molecule has 0 bridgehead atoms. The lowest BCUT2D eigenvalue weighted by molar-refractivity contribution is -0.0948. The minimum Gasteiger partial charge on any atom is -0.387 e. The Morgan fingerprint density at radius 3 is 2.00 bits per heavy atom. The van der Waals surface area contributed by atoms with Gasteiger partial charge in [-0.15, -0.1) is 0 Å². The van der Waals surface area contributed by atoms with E-state index in [1.54, 1.807) is 0 Å². The largest absolute Gasteiger partial charge is 0.387 e. The molecular formula is C4H9NO2. The minimum absolute atomic E-state index is 0.0648. The highest BCUT2D eigenvalue weighted by Crippen LogP contribution is 2.07. The van der Waals surface area contributed by atoms with Crippen LogP contribution in [0.25, 0.3) is 0 Å². The average Bonchev–Trinajstić information content (AvgIpc) is 1.68. The number of rotatable bonds is 0. The van der Waals surface area contributed by atoms with Gasteiger partial charge in [0.25, 0.3) is 0 Å². The summed E-state index contributed by atoms with van der Waals surface area (Å²) in [4.78, 5) is 0. The zero-order chi connectivity index (χ0) is 5.44. The number of hydrogen-bond donors (Lipinski definition) is 3. The third kappa shape index (κ3) is 0.627. The van der Waals surface area contributed by atoms with E-state index >= 15 is 0 Å². The molecule has 0 aromatic heterocycles. The van der Waals surface area contributed by atoms with Crippen molar-refractivity contribution in [3.63, 3.8) is 0 Å². The van der Waals surface area contributed by atoms with Gasteiger partial charge in [0.2, 0.25) is 0 Å². The number of aliphatic hydroxyl groups excluding tert-OH is 2. The van der Waals surface area contributed by atoms with Gasteiger partial charge in [-0.2, -0.15) is 0 Å². The first kappa shape index (κ1) is 5.03. The molecule has 0 saturated carbocycles. The standard InChI is InChI=1S/C4H9NO2/c1-2-3(6)4(7)5-2/h2-7H,1H3/t2?,3-,4?/m0/s1. The molecule has 1 aliphatic heterocycles. The van der Waals surface area contributed by atoms with Crippen molar-refractivity contribution in [2.75, 3.05) is 0 Å². The van der Waals surface area contributed by atoms with Gasteiger partial charge in [-0.1, -0.05) is 0 Å². The van der Waals surface area contributed by atoms with Crippen LogP contribution in [0.3, 0.4) is 0 Å². The summed E-state index contributed by atoms with van der Waals surface area (Å²) in [6, 6.07) is 0.0648. The fourth-order valence-corrected chi connectivity index (χ4v) is 0.621. The Balaban J connectivity index is 2.29. The number of aliphatic hydroxyl groups is 2. The second kappa shape index (κ2) is 1.43. The third-order valence-electron chi connectivity index (χ3n) is 1.27. The molecule has 3 atom stereocenters. The van der Waals surface area contributed by atoms with Gasteiger partial charge in [0, 0.05) is 6.04 Å². The van der Waals surface area contributed by atoms with Crippen LogP contribution in [0.5, 0.6) is 0 Å². The second-order valence-electron chi connectivity index (χ2n) is 1.89. The first-order chi connectivity index (χ1) is 3.22. The molecule has 0 aromatic rings. The maximum Gasteiger partial charge on any atom is 0.132 e. The van der Waals surface area contributed by atoms with Crippen molar-refractivity contribution < 1.29 is 10.2 Å². The Morgan fingerprint density at radius 2 is 2.00 bits per heavy atom. The van der Waals surface area contributed by atoms with Crippen LogP contribution in [0.4, 0.5) is 0 Å². The van der Waals surface area contributed by atoms with Crippen LogP contribution in [0.15, 0.2) is 0 Å². The molecule has 0 aliphatic carbocycles. The van der Waals surface area contributed by atoms with Crippen molar-refractivity contribution >= 4 is 0 Å². The Kier molecular flexibility index (Phi) is 1.03. The van der Waals surface area contributed by atoms with Crippen LogP contribution >= 0.6 is 0 Å². The second-order valence-corrected chi connectivity index (χ2v) is 1.89. The average molecular weight is 103 g/mol.